The molecule has 0 bridgehead atoms. The highest BCUT2D eigenvalue weighted by molar-refractivity contribution is 7.98. The Balaban J connectivity index is 1.83. The minimum Gasteiger partial charge on any atom is -0.480 e. The molecule has 0 aromatic heterocycles. The lowest BCUT2D eigenvalue weighted by atomic mass is 10.0. The van der Waals surface area contributed by atoms with E-state index in [1.807, 2.05) is 18.4 Å². The molecule has 1 atom stereocenters. The van der Waals surface area contributed by atoms with Crippen molar-refractivity contribution >= 4 is 23.6 Å². The van der Waals surface area contributed by atoms with Crippen LogP contribution in [-0.2, 0) is 22.4 Å². The number of carboxylic acids is 1. The Labute approximate surface area is 129 Å². The largest absolute Gasteiger partial charge is 0.480 e. The molecule has 0 heterocycles. The third-order valence-corrected chi connectivity index (χ3v) is 4.50. The Kier molecular flexibility index (Phi) is 5.67. The van der Waals surface area contributed by atoms with Crippen LogP contribution in [0.25, 0.3) is 0 Å². The number of hydrogen-bond donors (Lipinski definition) is 2. The maximum Gasteiger partial charge on any atom is 0.326 e. The van der Waals surface area contributed by atoms with Crippen LogP contribution >= 0.6 is 11.8 Å². The number of nitrogens with one attached hydrogen (secondary N) is 1. The number of carbonyl (C=O) groups excluding carboxylic acids is 1. The number of hydrogen-bond acceptors (Lipinski definition) is 3. The first kappa shape index (κ1) is 15.9. The predicted octanol–water partition coefficient (Wildman–Crippen LogP) is 2.11. The van der Waals surface area contributed by atoms with E-state index in [0.717, 1.165) is 18.6 Å². The molecular weight excluding hydrogens is 286 g/mol. The molecule has 0 aliphatic heterocycles. The van der Waals surface area contributed by atoms with Gasteiger partial charge in [0.25, 0.3) is 0 Å². The van der Waals surface area contributed by atoms with Crippen LogP contribution in [0.4, 0.5) is 0 Å². The zero-order chi connectivity index (χ0) is 15.2. The second kappa shape index (κ2) is 7.50. The second-order valence-corrected chi connectivity index (χ2v) is 6.47. The Morgan fingerprint density at radius 2 is 1.95 bits per heavy atom. The highest BCUT2D eigenvalue weighted by atomic mass is 32.2. The minimum absolute atomic E-state index is 0.152. The van der Waals surface area contributed by atoms with Crippen LogP contribution in [0.5, 0.6) is 0 Å². The van der Waals surface area contributed by atoms with Crippen LogP contribution in [0.3, 0.4) is 0 Å². The van der Waals surface area contributed by atoms with Gasteiger partial charge in [-0.2, -0.15) is 11.8 Å². The van der Waals surface area contributed by atoms with Gasteiger partial charge in [0.15, 0.2) is 0 Å². The van der Waals surface area contributed by atoms with E-state index in [4.69, 9.17) is 5.11 Å². The summed E-state index contributed by atoms with van der Waals surface area (Å²) in [6, 6.07) is 7.47. The van der Waals surface area contributed by atoms with Crippen molar-refractivity contribution in [1.29, 1.82) is 0 Å². The van der Waals surface area contributed by atoms with Crippen LogP contribution in [0.15, 0.2) is 24.3 Å². The molecule has 1 aromatic carbocycles. The molecule has 0 saturated heterocycles. The number of carboxylic acid groups (broad SMARTS) is 1. The van der Waals surface area contributed by atoms with E-state index in [1.54, 1.807) is 11.8 Å². The maximum absolute atomic E-state index is 12.0. The number of thioether (sulfide) groups is 1. The number of benzene rings is 1. The average molecular weight is 307 g/mol. The van der Waals surface area contributed by atoms with Gasteiger partial charge in [-0.1, -0.05) is 24.3 Å². The van der Waals surface area contributed by atoms with Crippen molar-refractivity contribution in [1.82, 2.24) is 5.32 Å². The lowest BCUT2D eigenvalue weighted by Crippen LogP contribution is -2.41. The van der Waals surface area contributed by atoms with Gasteiger partial charge in [-0.05, 0) is 48.3 Å². The molecule has 1 aromatic rings. The van der Waals surface area contributed by atoms with Gasteiger partial charge >= 0.3 is 5.97 Å². The number of rotatable bonds is 7. The van der Waals surface area contributed by atoms with Crippen molar-refractivity contribution in [2.75, 3.05) is 12.0 Å². The Bertz CT molecular complexity index is 493. The molecule has 4 nitrogen and oxygen atoms in total. The summed E-state index contributed by atoms with van der Waals surface area (Å²) in [4.78, 5) is 23.2. The molecule has 1 amide bonds. The monoisotopic (exact) mass is 307 g/mol. The van der Waals surface area contributed by atoms with E-state index in [0.29, 0.717) is 12.8 Å². The summed E-state index contributed by atoms with van der Waals surface area (Å²) < 4.78 is 0. The van der Waals surface area contributed by atoms with Gasteiger partial charge in [-0.25, -0.2) is 4.79 Å². The van der Waals surface area contributed by atoms with Crippen molar-refractivity contribution in [2.45, 2.75) is 31.7 Å². The first-order valence-corrected chi connectivity index (χ1v) is 8.57. The topological polar surface area (TPSA) is 66.4 Å². The molecule has 0 saturated carbocycles. The van der Waals surface area contributed by atoms with E-state index < -0.39 is 12.0 Å². The summed E-state index contributed by atoms with van der Waals surface area (Å²) in [7, 11) is 0. The molecule has 0 fully saturated rings. The summed E-state index contributed by atoms with van der Waals surface area (Å²) in [5.74, 6) is -0.0858. The number of amides is 1. The van der Waals surface area contributed by atoms with E-state index in [2.05, 4.69) is 17.4 Å². The van der Waals surface area contributed by atoms with Crippen LogP contribution in [0, 0.1) is 5.92 Å². The third kappa shape index (κ3) is 4.49. The van der Waals surface area contributed by atoms with Crippen LogP contribution in [0.2, 0.25) is 0 Å². The van der Waals surface area contributed by atoms with Crippen molar-refractivity contribution in [3.05, 3.63) is 35.4 Å². The molecule has 1 aliphatic carbocycles. The van der Waals surface area contributed by atoms with Crippen molar-refractivity contribution < 1.29 is 14.7 Å². The molecule has 0 radical (unpaired) electrons. The van der Waals surface area contributed by atoms with Crippen molar-refractivity contribution in [3.63, 3.8) is 0 Å². The number of aliphatic carboxylic acids is 1. The maximum atomic E-state index is 12.0. The fourth-order valence-electron chi connectivity index (χ4n) is 2.80. The van der Waals surface area contributed by atoms with Crippen LogP contribution in [0.1, 0.15) is 24.0 Å². The summed E-state index contributed by atoms with van der Waals surface area (Å²) in [5, 5.41) is 11.8. The van der Waals surface area contributed by atoms with Crippen LogP contribution in [-0.4, -0.2) is 35.0 Å². The van der Waals surface area contributed by atoms with E-state index in [9.17, 15) is 9.59 Å². The zero-order valence-corrected chi connectivity index (χ0v) is 13.0. The van der Waals surface area contributed by atoms with E-state index in [-0.39, 0.29) is 11.8 Å². The lowest BCUT2D eigenvalue weighted by Gasteiger charge is -2.15. The fraction of sp³-hybridized carbons (Fsp3) is 0.500. The summed E-state index contributed by atoms with van der Waals surface area (Å²) >= 11 is 1.58. The zero-order valence-electron chi connectivity index (χ0n) is 12.2. The SMILES string of the molecule is CSCC[C@H](NC(=O)CC1Cc2ccccc2C1)C(=O)O. The van der Waals surface area contributed by atoms with Gasteiger partial charge in [-0.15, -0.1) is 0 Å². The van der Waals surface area contributed by atoms with Gasteiger partial charge in [0.1, 0.15) is 6.04 Å². The van der Waals surface area contributed by atoms with Crippen molar-refractivity contribution in [3.8, 4) is 0 Å². The second-order valence-electron chi connectivity index (χ2n) is 5.49. The quantitative estimate of drug-likeness (QED) is 0.810. The first-order valence-electron chi connectivity index (χ1n) is 7.18. The van der Waals surface area contributed by atoms with Gasteiger partial charge < -0.3 is 10.4 Å². The normalized spacial score (nSPS) is 15.5. The molecular formula is C16H21NO3S. The smallest absolute Gasteiger partial charge is 0.326 e. The van der Waals surface area contributed by atoms with Gasteiger partial charge in [0, 0.05) is 6.42 Å². The average Bonchev–Trinajstić information content (AvgIpc) is 2.85. The van der Waals surface area contributed by atoms with E-state index >= 15 is 0 Å². The third-order valence-electron chi connectivity index (χ3n) is 3.85. The lowest BCUT2D eigenvalue weighted by molar-refractivity contribution is -0.142. The molecule has 5 heteroatoms. The fourth-order valence-corrected chi connectivity index (χ4v) is 3.27. The Hall–Kier alpha value is -1.49. The summed E-state index contributed by atoms with van der Waals surface area (Å²) in [5.41, 5.74) is 2.62. The molecule has 114 valence electrons. The molecule has 2 rings (SSSR count). The molecule has 21 heavy (non-hydrogen) atoms. The van der Waals surface area contributed by atoms with Crippen LogP contribution < -0.4 is 5.32 Å². The Morgan fingerprint density at radius 1 is 1.33 bits per heavy atom. The highest BCUT2D eigenvalue weighted by Crippen LogP contribution is 2.28. The summed E-state index contributed by atoms with van der Waals surface area (Å²) in [6.45, 7) is 0. The van der Waals surface area contributed by atoms with Gasteiger partial charge in [-0.3, -0.25) is 4.79 Å². The molecule has 0 spiro atoms. The van der Waals surface area contributed by atoms with E-state index in [1.165, 1.54) is 11.1 Å². The molecule has 2 N–H and O–H groups in total. The highest BCUT2D eigenvalue weighted by Gasteiger charge is 2.25. The molecule has 1 aliphatic rings. The standard InChI is InChI=1S/C16H21NO3S/c1-21-7-6-14(16(19)20)17-15(18)10-11-8-12-4-2-3-5-13(12)9-11/h2-5,11,14H,6-10H2,1H3,(H,17,18)(H,19,20)/t14-/m0/s1. The predicted molar refractivity (Wildman–Crippen MR) is 84.5 cm³/mol. The first-order chi connectivity index (χ1) is 10.1. The Morgan fingerprint density at radius 3 is 2.48 bits per heavy atom. The molecule has 0 unspecified atom stereocenters. The number of carbonyl (C=O) groups is 2. The van der Waals surface area contributed by atoms with Gasteiger partial charge in [0.2, 0.25) is 5.91 Å². The summed E-state index contributed by atoms with van der Waals surface area (Å²) in [6.07, 6.45) is 4.61. The van der Waals surface area contributed by atoms with Gasteiger partial charge in [0.05, 0.1) is 0 Å². The minimum atomic E-state index is -0.952. The van der Waals surface area contributed by atoms with Crippen molar-refractivity contribution in [2.24, 2.45) is 5.92 Å². The number of fused-ring (bicyclic) bond motifs is 1.